The molecule has 2 amide bonds. The highest BCUT2D eigenvalue weighted by Gasteiger charge is 2.48. The highest BCUT2D eigenvalue weighted by atomic mass is 19.1. The Morgan fingerprint density at radius 1 is 0.759 bits per heavy atom. The summed E-state index contributed by atoms with van der Waals surface area (Å²) in [6.45, 7) is 2.59. The zero-order chi connectivity index (χ0) is 21.3. The number of rotatable bonds is 6. The van der Waals surface area contributed by atoms with E-state index in [4.69, 9.17) is 0 Å². The molecule has 2 N–H and O–H groups in total. The molecule has 150 valence electrons. The second-order valence-corrected chi connectivity index (χ2v) is 6.92. The third-order valence-electron chi connectivity index (χ3n) is 4.70. The van der Waals surface area contributed by atoms with Gasteiger partial charge in [-0.05, 0) is 56.7 Å². The summed E-state index contributed by atoms with van der Waals surface area (Å²) in [6.07, 6.45) is 0.243. The van der Waals surface area contributed by atoms with Gasteiger partial charge in [-0.3, -0.25) is 19.2 Å². The number of anilines is 2. The summed E-state index contributed by atoms with van der Waals surface area (Å²) in [5, 5.41) is 4.98. The third-order valence-corrected chi connectivity index (χ3v) is 4.70. The molecule has 6 nitrogen and oxygen atoms in total. The minimum absolute atomic E-state index is 0.0394. The first-order valence-corrected chi connectivity index (χ1v) is 8.90. The fraction of sp³-hybridized carbons (Fsp3) is 0.238. The lowest BCUT2D eigenvalue weighted by atomic mass is 10.1. The van der Waals surface area contributed by atoms with Crippen LogP contribution >= 0.6 is 0 Å². The van der Waals surface area contributed by atoms with Crippen molar-refractivity contribution in [2.24, 2.45) is 11.8 Å². The molecule has 0 bridgehead atoms. The van der Waals surface area contributed by atoms with Crippen molar-refractivity contribution in [3.63, 3.8) is 0 Å². The zero-order valence-electron chi connectivity index (χ0n) is 15.7. The number of halogens is 2. The van der Waals surface area contributed by atoms with Crippen LogP contribution in [0.2, 0.25) is 0 Å². The van der Waals surface area contributed by atoms with E-state index in [1.165, 1.54) is 26.0 Å². The first-order valence-electron chi connectivity index (χ1n) is 8.90. The van der Waals surface area contributed by atoms with Gasteiger partial charge >= 0.3 is 0 Å². The van der Waals surface area contributed by atoms with E-state index in [-0.39, 0.29) is 40.5 Å². The van der Waals surface area contributed by atoms with Crippen LogP contribution in [0.15, 0.2) is 36.4 Å². The van der Waals surface area contributed by atoms with Crippen LogP contribution in [0.1, 0.15) is 41.0 Å². The van der Waals surface area contributed by atoms with E-state index in [2.05, 4.69) is 10.6 Å². The van der Waals surface area contributed by atoms with Gasteiger partial charge in [0.25, 0.3) is 0 Å². The maximum atomic E-state index is 13.5. The maximum absolute atomic E-state index is 13.5. The van der Waals surface area contributed by atoms with Crippen molar-refractivity contribution in [1.82, 2.24) is 0 Å². The molecule has 0 radical (unpaired) electrons. The van der Waals surface area contributed by atoms with E-state index in [9.17, 15) is 28.0 Å². The first-order chi connectivity index (χ1) is 13.7. The number of hydrogen-bond acceptors (Lipinski definition) is 4. The monoisotopic (exact) mass is 400 g/mol. The standard InChI is InChI=1S/C21H18F2N2O4/c1-10(26)14-5-3-12(22)7-18(14)24-20(28)16-9-17(16)21(29)25-19-8-13(23)4-6-15(19)11(2)27/h3-8,16-17H,9H2,1-2H3,(H,24,28)(H,25,29). The molecule has 0 aromatic heterocycles. The predicted molar refractivity (Wildman–Crippen MR) is 102 cm³/mol. The molecular formula is C21H18F2N2O4. The molecule has 1 aliphatic carbocycles. The largest absolute Gasteiger partial charge is 0.325 e. The highest BCUT2D eigenvalue weighted by Crippen LogP contribution is 2.40. The van der Waals surface area contributed by atoms with Gasteiger partial charge in [-0.2, -0.15) is 0 Å². The number of ketones is 2. The summed E-state index contributed by atoms with van der Waals surface area (Å²) < 4.78 is 27.0. The van der Waals surface area contributed by atoms with E-state index in [0.29, 0.717) is 0 Å². The van der Waals surface area contributed by atoms with Crippen LogP contribution in [0.5, 0.6) is 0 Å². The van der Waals surface area contributed by atoms with Crippen molar-refractivity contribution < 1.29 is 28.0 Å². The minimum atomic E-state index is -0.674. The minimum Gasteiger partial charge on any atom is -0.325 e. The predicted octanol–water partition coefficient (Wildman–Crippen LogP) is 3.58. The second-order valence-electron chi connectivity index (χ2n) is 6.92. The Hall–Kier alpha value is -3.42. The van der Waals surface area contributed by atoms with Crippen molar-refractivity contribution in [2.75, 3.05) is 10.6 Å². The summed E-state index contributed by atoms with van der Waals surface area (Å²) in [6, 6.07) is 6.86. The van der Waals surface area contributed by atoms with Gasteiger partial charge in [0.05, 0.1) is 23.2 Å². The number of carbonyl (C=O) groups is 4. The number of amides is 2. The van der Waals surface area contributed by atoms with Crippen molar-refractivity contribution in [1.29, 1.82) is 0 Å². The molecule has 2 aromatic carbocycles. The average molecular weight is 400 g/mol. The Labute approximate surface area is 165 Å². The number of Topliss-reactive ketones (excluding diaryl/α,β-unsaturated/α-hetero) is 2. The van der Waals surface area contributed by atoms with Gasteiger partial charge in [-0.1, -0.05) is 0 Å². The van der Waals surface area contributed by atoms with E-state index in [1.54, 1.807) is 0 Å². The van der Waals surface area contributed by atoms with Gasteiger partial charge in [0, 0.05) is 11.1 Å². The van der Waals surface area contributed by atoms with E-state index >= 15 is 0 Å². The molecule has 2 aromatic rings. The topological polar surface area (TPSA) is 92.3 Å². The summed E-state index contributed by atoms with van der Waals surface area (Å²) in [7, 11) is 0. The molecule has 1 fully saturated rings. The normalized spacial score (nSPS) is 17.4. The quantitative estimate of drug-likeness (QED) is 0.725. The zero-order valence-corrected chi connectivity index (χ0v) is 15.7. The molecular weight excluding hydrogens is 382 g/mol. The van der Waals surface area contributed by atoms with Gasteiger partial charge in [0.1, 0.15) is 11.6 Å². The van der Waals surface area contributed by atoms with Gasteiger partial charge in [0.15, 0.2) is 11.6 Å². The fourth-order valence-electron chi connectivity index (χ4n) is 3.08. The Morgan fingerprint density at radius 2 is 1.14 bits per heavy atom. The molecule has 2 atom stereocenters. The molecule has 2 unspecified atom stereocenters. The van der Waals surface area contributed by atoms with Crippen LogP contribution in [-0.4, -0.2) is 23.4 Å². The molecule has 3 rings (SSSR count). The molecule has 1 aliphatic rings. The fourth-order valence-corrected chi connectivity index (χ4v) is 3.08. The van der Waals surface area contributed by atoms with Crippen molar-refractivity contribution in [3.8, 4) is 0 Å². The van der Waals surface area contributed by atoms with Gasteiger partial charge in [0.2, 0.25) is 11.8 Å². The van der Waals surface area contributed by atoms with Crippen LogP contribution in [0.4, 0.5) is 20.2 Å². The van der Waals surface area contributed by atoms with Gasteiger partial charge in [-0.15, -0.1) is 0 Å². The summed E-state index contributed by atoms with van der Waals surface area (Å²) in [4.78, 5) is 48.1. The maximum Gasteiger partial charge on any atom is 0.228 e. The molecule has 8 heteroatoms. The van der Waals surface area contributed by atoms with Gasteiger partial charge in [-0.25, -0.2) is 8.78 Å². The summed E-state index contributed by atoms with van der Waals surface area (Å²) in [5.74, 6) is -4.30. The van der Waals surface area contributed by atoms with E-state index < -0.39 is 35.3 Å². The molecule has 1 saturated carbocycles. The molecule has 0 aliphatic heterocycles. The Kier molecular flexibility index (Phi) is 5.54. The number of hydrogen-bond donors (Lipinski definition) is 2. The van der Waals surface area contributed by atoms with Crippen molar-refractivity contribution >= 4 is 34.8 Å². The van der Waals surface area contributed by atoms with Crippen LogP contribution in [-0.2, 0) is 9.59 Å². The summed E-state index contributed by atoms with van der Waals surface area (Å²) in [5.41, 5.74) is 0.398. The SMILES string of the molecule is CC(=O)c1ccc(F)cc1NC(=O)C1CC1C(=O)Nc1cc(F)ccc1C(C)=O. The van der Waals surface area contributed by atoms with E-state index in [0.717, 1.165) is 24.3 Å². The Morgan fingerprint density at radius 3 is 1.48 bits per heavy atom. The summed E-state index contributed by atoms with van der Waals surface area (Å²) >= 11 is 0. The van der Waals surface area contributed by atoms with Crippen molar-refractivity contribution in [3.05, 3.63) is 59.2 Å². The average Bonchev–Trinajstić information content (AvgIpc) is 3.42. The van der Waals surface area contributed by atoms with Crippen LogP contribution in [0.25, 0.3) is 0 Å². The lowest BCUT2D eigenvalue weighted by Crippen LogP contribution is -2.22. The lowest BCUT2D eigenvalue weighted by molar-refractivity contribution is -0.122. The number of carbonyl (C=O) groups excluding carboxylic acids is 4. The highest BCUT2D eigenvalue weighted by molar-refractivity contribution is 6.09. The van der Waals surface area contributed by atoms with E-state index in [1.807, 2.05) is 0 Å². The number of nitrogens with one attached hydrogen (secondary N) is 2. The number of benzene rings is 2. The Bertz CT molecular complexity index is 954. The van der Waals surface area contributed by atoms with Gasteiger partial charge < -0.3 is 10.6 Å². The Balaban J connectivity index is 1.69. The third kappa shape index (κ3) is 4.53. The molecule has 0 spiro atoms. The van der Waals surface area contributed by atoms with Crippen LogP contribution in [0.3, 0.4) is 0 Å². The van der Waals surface area contributed by atoms with Crippen molar-refractivity contribution in [2.45, 2.75) is 20.3 Å². The smallest absolute Gasteiger partial charge is 0.228 e. The second kappa shape index (κ2) is 7.90. The lowest BCUT2D eigenvalue weighted by Gasteiger charge is -2.11. The van der Waals surface area contributed by atoms with Crippen LogP contribution in [0, 0.1) is 23.5 Å². The molecule has 0 saturated heterocycles. The van der Waals surface area contributed by atoms with Crippen LogP contribution < -0.4 is 10.6 Å². The molecule has 0 heterocycles. The molecule has 29 heavy (non-hydrogen) atoms. The first kappa shape index (κ1) is 20.3.